The number of benzene rings is 1. The average Bonchev–Trinajstić information content (AvgIpc) is 3.39. The molecule has 24 heavy (non-hydrogen) atoms. The van der Waals surface area contributed by atoms with Crippen LogP contribution in [-0.4, -0.2) is 35.5 Å². The fourth-order valence-corrected chi connectivity index (χ4v) is 3.37. The first-order valence-electron chi connectivity index (χ1n) is 8.59. The monoisotopic (exact) mass is 322 g/mol. The Balaban J connectivity index is 1.66. The molecule has 0 N–H and O–H groups in total. The molecule has 5 heteroatoms. The quantitative estimate of drug-likeness (QED) is 0.872. The molecule has 0 unspecified atom stereocenters. The van der Waals surface area contributed by atoms with Gasteiger partial charge >= 0.3 is 0 Å². The van der Waals surface area contributed by atoms with Gasteiger partial charge in [0.1, 0.15) is 5.82 Å². The number of amides is 1. The molecule has 2 heterocycles. The van der Waals surface area contributed by atoms with E-state index < -0.39 is 0 Å². The molecule has 1 amide bonds. The summed E-state index contributed by atoms with van der Waals surface area (Å²) in [5.41, 5.74) is 3.49. The molecule has 5 nitrogen and oxygen atoms in total. The molecule has 0 atom stereocenters. The van der Waals surface area contributed by atoms with E-state index >= 15 is 0 Å². The average molecular weight is 322 g/mol. The van der Waals surface area contributed by atoms with E-state index in [0.717, 1.165) is 36.1 Å². The standard InChI is InChI=1S/C19H22N4O/c1-13-16(11-20-14(2)21-13)19(24)23-10-9-22(12-15-7-8-15)17-5-3-4-6-18(17)23/h3-6,11,15H,7-10,12H2,1-2H3. The zero-order chi connectivity index (χ0) is 16.7. The van der Waals surface area contributed by atoms with E-state index in [1.807, 2.05) is 36.9 Å². The van der Waals surface area contributed by atoms with Gasteiger partial charge in [0.2, 0.25) is 0 Å². The molecule has 124 valence electrons. The second-order valence-corrected chi connectivity index (χ2v) is 6.75. The summed E-state index contributed by atoms with van der Waals surface area (Å²) >= 11 is 0. The number of carbonyl (C=O) groups excluding carboxylic acids is 1. The molecule has 2 aliphatic rings. The third-order valence-corrected chi connectivity index (χ3v) is 4.86. The van der Waals surface area contributed by atoms with Gasteiger partial charge in [-0.1, -0.05) is 12.1 Å². The molecular formula is C19H22N4O. The number of hydrogen-bond acceptors (Lipinski definition) is 4. The number of carbonyl (C=O) groups is 1. The van der Waals surface area contributed by atoms with Crippen molar-refractivity contribution in [2.45, 2.75) is 26.7 Å². The lowest BCUT2D eigenvalue weighted by Crippen LogP contribution is -2.45. The van der Waals surface area contributed by atoms with E-state index in [4.69, 9.17) is 0 Å². The van der Waals surface area contributed by atoms with E-state index in [1.165, 1.54) is 12.8 Å². The van der Waals surface area contributed by atoms with Crippen molar-refractivity contribution in [2.24, 2.45) is 5.92 Å². The highest BCUT2D eigenvalue weighted by molar-refractivity contribution is 6.08. The van der Waals surface area contributed by atoms with Crippen molar-refractivity contribution in [1.29, 1.82) is 0 Å². The molecule has 1 aromatic heterocycles. The Morgan fingerprint density at radius 1 is 1.17 bits per heavy atom. The highest BCUT2D eigenvalue weighted by Gasteiger charge is 2.31. The number of rotatable bonds is 3. The molecule has 0 radical (unpaired) electrons. The Bertz CT molecular complexity index is 785. The molecular weight excluding hydrogens is 300 g/mol. The number of hydrogen-bond donors (Lipinski definition) is 0. The van der Waals surface area contributed by atoms with E-state index in [0.29, 0.717) is 17.9 Å². The summed E-state index contributed by atoms with van der Waals surface area (Å²) in [6, 6.07) is 8.21. The second-order valence-electron chi connectivity index (χ2n) is 6.75. The van der Waals surface area contributed by atoms with Crippen molar-refractivity contribution in [3.63, 3.8) is 0 Å². The molecule has 0 saturated heterocycles. The summed E-state index contributed by atoms with van der Waals surface area (Å²) in [7, 11) is 0. The highest BCUT2D eigenvalue weighted by atomic mass is 16.2. The zero-order valence-corrected chi connectivity index (χ0v) is 14.2. The number of nitrogens with zero attached hydrogens (tertiary/aromatic N) is 4. The van der Waals surface area contributed by atoms with Gasteiger partial charge in [-0.25, -0.2) is 9.97 Å². The van der Waals surface area contributed by atoms with E-state index in [9.17, 15) is 4.79 Å². The normalized spacial score (nSPS) is 16.9. The van der Waals surface area contributed by atoms with Gasteiger partial charge < -0.3 is 9.80 Å². The fourth-order valence-electron chi connectivity index (χ4n) is 3.37. The summed E-state index contributed by atoms with van der Waals surface area (Å²) < 4.78 is 0. The van der Waals surface area contributed by atoms with Crippen LogP contribution in [0.1, 0.15) is 34.7 Å². The maximum Gasteiger partial charge on any atom is 0.261 e. The maximum absolute atomic E-state index is 13.1. The lowest BCUT2D eigenvalue weighted by molar-refractivity contribution is 0.0985. The summed E-state index contributed by atoms with van der Waals surface area (Å²) in [5, 5.41) is 0. The van der Waals surface area contributed by atoms with Gasteiger partial charge in [-0.2, -0.15) is 0 Å². The minimum atomic E-state index is -0.00831. The SMILES string of the molecule is Cc1ncc(C(=O)N2CCN(CC3CC3)c3ccccc32)c(C)n1. The highest BCUT2D eigenvalue weighted by Crippen LogP contribution is 2.37. The molecule has 1 aromatic carbocycles. The molecule has 2 aromatic rings. The van der Waals surface area contributed by atoms with Crippen LogP contribution in [0.4, 0.5) is 11.4 Å². The lowest BCUT2D eigenvalue weighted by Gasteiger charge is -2.38. The summed E-state index contributed by atoms with van der Waals surface area (Å²) in [6.07, 6.45) is 4.32. The molecule has 0 bridgehead atoms. The molecule has 4 rings (SSSR count). The Labute approximate surface area is 142 Å². The third kappa shape index (κ3) is 2.75. The molecule has 1 aliphatic carbocycles. The number of fused-ring (bicyclic) bond motifs is 1. The Hall–Kier alpha value is -2.43. The van der Waals surface area contributed by atoms with Gasteiger partial charge in [0.25, 0.3) is 5.91 Å². The molecule has 1 aliphatic heterocycles. The van der Waals surface area contributed by atoms with Gasteiger partial charge in [-0.3, -0.25) is 4.79 Å². The van der Waals surface area contributed by atoms with Gasteiger partial charge in [0, 0.05) is 25.8 Å². The lowest BCUT2D eigenvalue weighted by atomic mass is 10.1. The van der Waals surface area contributed by atoms with Gasteiger partial charge in [-0.05, 0) is 44.7 Å². The second kappa shape index (κ2) is 5.89. The Kier molecular flexibility index (Phi) is 3.71. The largest absolute Gasteiger partial charge is 0.368 e. The zero-order valence-electron chi connectivity index (χ0n) is 14.2. The van der Waals surface area contributed by atoms with Crippen molar-refractivity contribution >= 4 is 17.3 Å². The first kappa shape index (κ1) is 15.1. The predicted molar refractivity (Wildman–Crippen MR) is 94.6 cm³/mol. The third-order valence-electron chi connectivity index (χ3n) is 4.86. The van der Waals surface area contributed by atoms with Crippen LogP contribution in [0.3, 0.4) is 0 Å². The van der Waals surface area contributed by atoms with Crippen LogP contribution in [0.15, 0.2) is 30.5 Å². The summed E-state index contributed by atoms with van der Waals surface area (Å²) in [6.45, 7) is 6.40. The van der Waals surface area contributed by atoms with Crippen LogP contribution in [0.2, 0.25) is 0 Å². The van der Waals surface area contributed by atoms with Crippen molar-refractivity contribution in [1.82, 2.24) is 9.97 Å². The van der Waals surface area contributed by atoms with Crippen LogP contribution in [0, 0.1) is 19.8 Å². The number of aryl methyl sites for hydroxylation is 2. The van der Waals surface area contributed by atoms with Crippen LogP contribution in [0.25, 0.3) is 0 Å². The van der Waals surface area contributed by atoms with Gasteiger partial charge in [-0.15, -0.1) is 0 Å². The Morgan fingerprint density at radius 3 is 2.62 bits per heavy atom. The van der Waals surface area contributed by atoms with E-state index in [-0.39, 0.29) is 5.91 Å². The van der Waals surface area contributed by atoms with Crippen LogP contribution in [0.5, 0.6) is 0 Å². The number of anilines is 2. The summed E-state index contributed by atoms with van der Waals surface area (Å²) in [5.74, 6) is 1.51. The van der Waals surface area contributed by atoms with Crippen molar-refractivity contribution in [3.8, 4) is 0 Å². The van der Waals surface area contributed by atoms with Gasteiger partial charge in [0.05, 0.1) is 22.6 Å². The predicted octanol–water partition coefficient (Wildman–Crippen LogP) is 2.97. The fraction of sp³-hybridized carbons (Fsp3) is 0.421. The topological polar surface area (TPSA) is 49.3 Å². The van der Waals surface area contributed by atoms with Crippen molar-refractivity contribution < 1.29 is 4.79 Å². The maximum atomic E-state index is 13.1. The van der Waals surface area contributed by atoms with E-state index in [1.54, 1.807) is 6.20 Å². The van der Waals surface area contributed by atoms with Crippen molar-refractivity contribution in [3.05, 3.63) is 47.5 Å². The Morgan fingerprint density at radius 2 is 1.92 bits per heavy atom. The first-order chi connectivity index (χ1) is 11.6. The number of para-hydroxylation sites is 2. The summed E-state index contributed by atoms with van der Waals surface area (Å²) in [4.78, 5) is 25.9. The van der Waals surface area contributed by atoms with Crippen LogP contribution in [-0.2, 0) is 0 Å². The van der Waals surface area contributed by atoms with Crippen molar-refractivity contribution in [2.75, 3.05) is 29.4 Å². The molecule has 1 saturated carbocycles. The minimum absolute atomic E-state index is 0.00831. The first-order valence-corrected chi connectivity index (χ1v) is 8.59. The van der Waals surface area contributed by atoms with E-state index in [2.05, 4.69) is 20.9 Å². The van der Waals surface area contributed by atoms with Crippen LogP contribution < -0.4 is 9.80 Å². The molecule has 1 fully saturated rings. The number of aromatic nitrogens is 2. The van der Waals surface area contributed by atoms with Crippen LogP contribution >= 0.6 is 0 Å². The smallest absolute Gasteiger partial charge is 0.261 e. The molecule has 0 spiro atoms. The van der Waals surface area contributed by atoms with Gasteiger partial charge in [0.15, 0.2) is 0 Å². The minimum Gasteiger partial charge on any atom is -0.368 e.